The lowest BCUT2D eigenvalue weighted by Gasteiger charge is -2.13. The summed E-state index contributed by atoms with van der Waals surface area (Å²) < 4.78 is 1.85. The number of hydrogen-bond acceptors (Lipinski definition) is 3. The van der Waals surface area contributed by atoms with Crippen molar-refractivity contribution in [3.05, 3.63) is 59.4 Å². The first-order chi connectivity index (χ1) is 13.0. The van der Waals surface area contributed by atoms with Crippen LogP contribution in [-0.4, -0.2) is 21.4 Å². The van der Waals surface area contributed by atoms with Gasteiger partial charge in [0.15, 0.2) is 0 Å². The lowest BCUT2D eigenvalue weighted by Crippen LogP contribution is -2.26. The summed E-state index contributed by atoms with van der Waals surface area (Å²) in [5.74, 6) is 0.484. The molecule has 6 heteroatoms. The van der Waals surface area contributed by atoms with E-state index in [9.17, 15) is 9.59 Å². The number of aryl methyl sites for hydroxylation is 1. The highest BCUT2D eigenvalue weighted by atomic mass is 16.2. The molecule has 1 aromatic heterocycles. The second kappa shape index (κ2) is 8.03. The molecule has 6 nitrogen and oxygen atoms in total. The van der Waals surface area contributed by atoms with Crippen LogP contribution in [0.25, 0.3) is 11.0 Å². The zero-order valence-corrected chi connectivity index (χ0v) is 15.9. The molecule has 0 aliphatic rings. The summed E-state index contributed by atoms with van der Waals surface area (Å²) in [5.41, 5.74) is 4.66. The van der Waals surface area contributed by atoms with E-state index in [4.69, 9.17) is 0 Å². The number of carbonyl (C=O) groups excluding carboxylic acids is 2. The SMILES string of the molecule is CCC(=O)NCc1nc2ccccc2n1CC(=O)Nc1cccc(C)c1C. The molecule has 0 aliphatic carbocycles. The zero-order valence-electron chi connectivity index (χ0n) is 15.9. The number of imidazole rings is 1. The van der Waals surface area contributed by atoms with Crippen molar-refractivity contribution in [3.8, 4) is 0 Å². The van der Waals surface area contributed by atoms with Crippen molar-refractivity contribution in [3.63, 3.8) is 0 Å². The molecule has 0 fully saturated rings. The number of aromatic nitrogens is 2. The molecule has 0 bridgehead atoms. The maximum Gasteiger partial charge on any atom is 0.244 e. The van der Waals surface area contributed by atoms with Crippen molar-refractivity contribution in [1.82, 2.24) is 14.9 Å². The molecule has 3 aromatic rings. The monoisotopic (exact) mass is 364 g/mol. The van der Waals surface area contributed by atoms with Crippen molar-refractivity contribution in [1.29, 1.82) is 0 Å². The molecule has 0 atom stereocenters. The Bertz CT molecular complexity index is 991. The molecule has 140 valence electrons. The van der Waals surface area contributed by atoms with E-state index in [2.05, 4.69) is 15.6 Å². The van der Waals surface area contributed by atoms with Crippen LogP contribution < -0.4 is 10.6 Å². The van der Waals surface area contributed by atoms with Crippen molar-refractivity contribution in [2.45, 2.75) is 40.3 Å². The second-order valence-corrected chi connectivity index (χ2v) is 6.53. The Morgan fingerprint density at radius 3 is 2.59 bits per heavy atom. The first kappa shape index (κ1) is 18.6. The highest BCUT2D eigenvalue weighted by molar-refractivity contribution is 5.92. The van der Waals surface area contributed by atoms with Gasteiger partial charge in [0.05, 0.1) is 17.6 Å². The largest absolute Gasteiger partial charge is 0.349 e. The summed E-state index contributed by atoms with van der Waals surface area (Å²) in [6.45, 7) is 6.23. The molecule has 0 saturated heterocycles. The molecule has 0 saturated carbocycles. The fourth-order valence-electron chi connectivity index (χ4n) is 2.96. The van der Waals surface area contributed by atoms with Gasteiger partial charge in [0.25, 0.3) is 0 Å². The maximum absolute atomic E-state index is 12.7. The molecule has 0 aliphatic heterocycles. The zero-order chi connectivity index (χ0) is 19.4. The Hall–Kier alpha value is -3.15. The Balaban J connectivity index is 1.85. The van der Waals surface area contributed by atoms with Crippen LogP contribution in [0.3, 0.4) is 0 Å². The van der Waals surface area contributed by atoms with E-state index in [-0.39, 0.29) is 24.9 Å². The van der Waals surface area contributed by atoms with Gasteiger partial charge < -0.3 is 15.2 Å². The number of nitrogens with zero attached hydrogens (tertiary/aromatic N) is 2. The van der Waals surface area contributed by atoms with Gasteiger partial charge in [-0.15, -0.1) is 0 Å². The Kier molecular flexibility index (Phi) is 5.54. The molecule has 2 amide bonds. The minimum Gasteiger partial charge on any atom is -0.349 e. The number of hydrogen-bond donors (Lipinski definition) is 2. The minimum atomic E-state index is -0.130. The van der Waals surface area contributed by atoms with Crippen LogP contribution in [0.1, 0.15) is 30.3 Å². The molecule has 3 rings (SSSR count). The predicted octanol–water partition coefficient (Wildman–Crippen LogP) is 3.32. The maximum atomic E-state index is 12.7. The summed E-state index contributed by atoms with van der Waals surface area (Å²) in [4.78, 5) is 28.9. The van der Waals surface area contributed by atoms with E-state index in [1.807, 2.05) is 60.9 Å². The first-order valence-electron chi connectivity index (χ1n) is 9.06. The van der Waals surface area contributed by atoms with E-state index >= 15 is 0 Å². The van der Waals surface area contributed by atoms with Gasteiger partial charge >= 0.3 is 0 Å². The van der Waals surface area contributed by atoms with E-state index in [0.29, 0.717) is 12.2 Å². The Morgan fingerprint density at radius 2 is 1.81 bits per heavy atom. The number of carbonyl (C=O) groups is 2. The van der Waals surface area contributed by atoms with Gasteiger partial charge in [-0.3, -0.25) is 9.59 Å². The third-order valence-corrected chi connectivity index (χ3v) is 4.68. The number of nitrogens with one attached hydrogen (secondary N) is 2. The normalized spacial score (nSPS) is 10.8. The van der Waals surface area contributed by atoms with Crippen LogP contribution in [0, 0.1) is 13.8 Å². The molecular weight excluding hydrogens is 340 g/mol. The summed E-state index contributed by atoms with van der Waals surface area (Å²) in [5, 5.41) is 5.82. The van der Waals surface area contributed by atoms with Crippen LogP contribution in [0.15, 0.2) is 42.5 Å². The smallest absolute Gasteiger partial charge is 0.244 e. The molecule has 1 heterocycles. The topological polar surface area (TPSA) is 76.0 Å². The number of amides is 2. The lowest BCUT2D eigenvalue weighted by molar-refractivity contribution is -0.121. The second-order valence-electron chi connectivity index (χ2n) is 6.53. The fraction of sp³-hybridized carbons (Fsp3) is 0.286. The third kappa shape index (κ3) is 4.16. The third-order valence-electron chi connectivity index (χ3n) is 4.68. The van der Waals surface area contributed by atoms with Crippen molar-refractivity contribution in [2.75, 3.05) is 5.32 Å². The minimum absolute atomic E-state index is 0.0477. The van der Waals surface area contributed by atoms with Crippen molar-refractivity contribution >= 4 is 28.5 Å². The van der Waals surface area contributed by atoms with Gasteiger partial charge in [-0.25, -0.2) is 4.98 Å². The summed E-state index contributed by atoms with van der Waals surface area (Å²) in [6, 6.07) is 13.5. The van der Waals surface area contributed by atoms with Crippen molar-refractivity contribution < 1.29 is 9.59 Å². The number of para-hydroxylation sites is 2. The molecule has 2 aromatic carbocycles. The molecule has 2 N–H and O–H groups in total. The number of rotatable bonds is 6. The number of fused-ring (bicyclic) bond motifs is 1. The molecular formula is C21H24N4O2. The van der Waals surface area contributed by atoms with Crippen LogP contribution in [0.5, 0.6) is 0 Å². The van der Waals surface area contributed by atoms with Gasteiger partial charge in [0, 0.05) is 12.1 Å². The predicted molar refractivity (Wildman–Crippen MR) is 106 cm³/mol. The summed E-state index contributed by atoms with van der Waals surface area (Å²) in [7, 11) is 0. The fourth-order valence-corrected chi connectivity index (χ4v) is 2.96. The van der Waals surface area contributed by atoms with Gasteiger partial charge in [-0.1, -0.05) is 31.2 Å². The van der Waals surface area contributed by atoms with Gasteiger partial charge in [0.2, 0.25) is 11.8 Å². The van der Waals surface area contributed by atoms with Gasteiger partial charge in [-0.05, 0) is 43.2 Å². The van der Waals surface area contributed by atoms with E-state index < -0.39 is 0 Å². The van der Waals surface area contributed by atoms with E-state index in [1.165, 1.54) is 0 Å². The number of benzene rings is 2. The van der Waals surface area contributed by atoms with E-state index in [0.717, 1.165) is 27.8 Å². The summed E-state index contributed by atoms with van der Waals surface area (Å²) >= 11 is 0. The summed E-state index contributed by atoms with van der Waals surface area (Å²) in [6.07, 6.45) is 0.410. The Labute approximate surface area is 158 Å². The average Bonchev–Trinajstić information content (AvgIpc) is 3.01. The van der Waals surface area contributed by atoms with E-state index in [1.54, 1.807) is 6.92 Å². The molecule has 0 spiro atoms. The van der Waals surface area contributed by atoms with Crippen LogP contribution in [0.4, 0.5) is 5.69 Å². The lowest BCUT2D eigenvalue weighted by atomic mass is 10.1. The van der Waals surface area contributed by atoms with Gasteiger partial charge in [-0.2, -0.15) is 0 Å². The van der Waals surface area contributed by atoms with Crippen molar-refractivity contribution in [2.24, 2.45) is 0 Å². The first-order valence-corrected chi connectivity index (χ1v) is 9.06. The average molecular weight is 364 g/mol. The quantitative estimate of drug-likeness (QED) is 0.704. The number of anilines is 1. The van der Waals surface area contributed by atoms with Crippen LogP contribution in [0.2, 0.25) is 0 Å². The van der Waals surface area contributed by atoms with Crippen LogP contribution >= 0.6 is 0 Å². The molecule has 0 unspecified atom stereocenters. The highest BCUT2D eigenvalue weighted by Gasteiger charge is 2.15. The molecule has 27 heavy (non-hydrogen) atoms. The standard InChI is InChI=1S/C21H24N4O2/c1-4-20(26)22-12-19-23-17-9-5-6-11-18(17)25(19)13-21(27)24-16-10-7-8-14(2)15(16)3/h5-11H,4,12-13H2,1-3H3,(H,22,26)(H,24,27). The van der Waals surface area contributed by atoms with Gasteiger partial charge in [0.1, 0.15) is 12.4 Å². The highest BCUT2D eigenvalue weighted by Crippen LogP contribution is 2.19. The molecule has 0 radical (unpaired) electrons. The Morgan fingerprint density at radius 1 is 1.04 bits per heavy atom. The van der Waals surface area contributed by atoms with Crippen LogP contribution in [-0.2, 0) is 22.7 Å².